The summed E-state index contributed by atoms with van der Waals surface area (Å²) in [5.74, 6) is 4.59. The molecule has 0 saturated carbocycles. The fourth-order valence-electron chi connectivity index (χ4n) is 5.30. The summed E-state index contributed by atoms with van der Waals surface area (Å²) in [5, 5.41) is 0. The Balaban J connectivity index is 2.17. The highest BCUT2D eigenvalue weighted by Gasteiger charge is 2.29. The minimum atomic E-state index is 0.467. The Morgan fingerprint density at radius 2 is 0.738 bits per heavy atom. The number of benzene rings is 3. The number of hydrogen-bond acceptors (Lipinski definition) is 9. The molecule has 4 aromatic rings. The average Bonchev–Trinajstić information content (AvgIpc) is 3.37. The van der Waals surface area contributed by atoms with E-state index >= 15 is 0 Å². The number of aromatic nitrogens is 1. The van der Waals surface area contributed by atoms with Gasteiger partial charge in [-0.25, -0.2) is 0 Å². The van der Waals surface area contributed by atoms with Crippen LogP contribution in [0.4, 0.5) is 0 Å². The predicted molar refractivity (Wildman–Crippen MR) is 161 cm³/mol. The van der Waals surface area contributed by atoms with Crippen LogP contribution < -0.4 is 42.6 Å². The topological polar surface area (TPSA) is 88.0 Å². The molecule has 0 unspecified atom stereocenters. The molecule has 0 saturated heterocycles. The van der Waals surface area contributed by atoms with Crippen LogP contribution in [0.25, 0.3) is 33.6 Å². The quantitative estimate of drug-likeness (QED) is 0.197. The standard InChI is InChI=1S/C32H37NO9/c1-33-22(19-12-15-24(35-3)31(41-9)28(19)38-6)17-21(18-11-14-23(34-2)30(40-8)27(18)37-5)26(33)20-13-16-25(36-4)32(42-10)29(20)39-7/h11-17H,1-10H3. The van der Waals surface area contributed by atoms with Gasteiger partial charge in [-0.1, -0.05) is 0 Å². The maximum atomic E-state index is 5.92. The minimum absolute atomic E-state index is 0.467. The zero-order chi connectivity index (χ0) is 30.6. The second-order valence-corrected chi connectivity index (χ2v) is 9.00. The first kappa shape index (κ1) is 30.1. The van der Waals surface area contributed by atoms with Crippen molar-refractivity contribution in [3.8, 4) is 85.4 Å². The number of nitrogens with zero attached hydrogens (tertiary/aromatic N) is 1. The van der Waals surface area contributed by atoms with Gasteiger partial charge in [-0.2, -0.15) is 0 Å². The fraction of sp³-hybridized carbons (Fsp3) is 0.312. The summed E-state index contributed by atoms with van der Waals surface area (Å²) in [6.07, 6.45) is 0. The second kappa shape index (κ2) is 12.8. The molecule has 1 heterocycles. The van der Waals surface area contributed by atoms with Crippen LogP contribution in [0.1, 0.15) is 0 Å². The van der Waals surface area contributed by atoms with Crippen molar-refractivity contribution < 1.29 is 42.6 Å². The largest absolute Gasteiger partial charge is 0.493 e. The van der Waals surface area contributed by atoms with Crippen molar-refractivity contribution in [2.45, 2.75) is 0 Å². The lowest BCUT2D eigenvalue weighted by Crippen LogP contribution is -2.02. The van der Waals surface area contributed by atoms with E-state index in [1.54, 1.807) is 64.0 Å². The molecule has 0 aliphatic carbocycles. The van der Waals surface area contributed by atoms with Crippen LogP contribution in [0.3, 0.4) is 0 Å². The second-order valence-electron chi connectivity index (χ2n) is 9.00. The highest BCUT2D eigenvalue weighted by molar-refractivity contribution is 5.94. The Kier molecular flexibility index (Phi) is 9.15. The van der Waals surface area contributed by atoms with Gasteiger partial charge in [0.1, 0.15) is 0 Å². The molecule has 42 heavy (non-hydrogen) atoms. The Bertz CT molecular complexity index is 1580. The third-order valence-corrected chi connectivity index (χ3v) is 7.17. The van der Waals surface area contributed by atoms with E-state index in [0.29, 0.717) is 51.7 Å². The number of hydrogen-bond donors (Lipinski definition) is 0. The molecule has 224 valence electrons. The molecule has 4 rings (SSSR count). The SMILES string of the molecule is COc1ccc(-c2cc(-c3ccc(OC)c(OC)c3OC)n(C)c2-c2ccc(OC)c(OC)c2OC)c(OC)c1OC. The van der Waals surface area contributed by atoms with Crippen LogP contribution in [-0.2, 0) is 7.05 Å². The summed E-state index contributed by atoms with van der Waals surface area (Å²) >= 11 is 0. The maximum absolute atomic E-state index is 5.92. The van der Waals surface area contributed by atoms with Gasteiger partial charge in [0.2, 0.25) is 17.2 Å². The van der Waals surface area contributed by atoms with Crippen molar-refractivity contribution in [1.29, 1.82) is 0 Å². The van der Waals surface area contributed by atoms with Crippen LogP contribution in [0.15, 0.2) is 42.5 Å². The van der Waals surface area contributed by atoms with Gasteiger partial charge in [-0.15, -0.1) is 0 Å². The molecule has 10 nitrogen and oxygen atoms in total. The monoisotopic (exact) mass is 579 g/mol. The zero-order valence-corrected chi connectivity index (χ0v) is 25.7. The van der Waals surface area contributed by atoms with Crippen molar-refractivity contribution in [3.63, 3.8) is 0 Å². The van der Waals surface area contributed by atoms with Crippen molar-refractivity contribution in [2.24, 2.45) is 7.05 Å². The van der Waals surface area contributed by atoms with Gasteiger partial charge >= 0.3 is 0 Å². The van der Waals surface area contributed by atoms with E-state index in [1.807, 2.05) is 43.4 Å². The van der Waals surface area contributed by atoms with Gasteiger partial charge in [0.05, 0.1) is 75.4 Å². The molecule has 0 aliphatic heterocycles. The highest BCUT2D eigenvalue weighted by atomic mass is 16.5. The molecule has 0 bridgehead atoms. The summed E-state index contributed by atoms with van der Waals surface area (Å²) in [6.45, 7) is 0. The molecule has 1 aromatic heterocycles. The van der Waals surface area contributed by atoms with Crippen LogP contribution in [-0.4, -0.2) is 68.6 Å². The van der Waals surface area contributed by atoms with E-state index in [1.165, 1.54) is 0 Å². The normalized spacial score (nSPS) is 10.6. The van der Waals surface area contributed by atoms with E-state index in [9.17, 15) is 0 Å². The van der Waals surface area contributed by atoms with Crippen LogP contribution >= 0.6 is 0 Å². The first-order valence-corrected chi connectivity index (χ1v) is 13.0. The maximum Gasteiger partial charge on any atom is 0.203 e. The van der Waals surface area contributed by atoms with Crippen molar-refractivity contribution in [2.75, 3.05) is 64.0 Å². The average molecular weight is 580 g/mol. The van der Waals surface area contributed by atoms with E-state index < -0.39 is 0 Å². The predicted octanol–water partition coefficient (Wildman–Crippen LogP) is 6.10. The van der Waals surface area contributed by atoms with Crippen molar-refractivity contribution >= 4 is 0 Å². The van der Waals surface area contributed by atoms with Gasteiger partial charge in [0, 0.05) is 29.3 Å². The minimum Gasteiger partial charge on any atom is -0.493 e. The number of rotatable bonds is 12. The first-order chi connectivity index (χ1) is 20.4. The molecular weight excluding hydrogens is 542 g/mol. The Morgan fingerprint density at radius 3 is 1.14 bits per heavy atom. The molecule has 3 aromatic carbocycles. The lowest BCUT2D eigenvalue weighted by Gasteiger charge is -2.20. The Labute approximate surface area is 246 Å². The molecule has 0 radical (unpaired) electrons. The molecule has 0 amide bonds. The van der Waals surface area contributed by atoms with Gasteiger partial charge in [-0.3, -0.25) is 0 Å². The summed E-state index contributed by atoms with van der Waals surface area (Å²) in [4.78, 5) is 0. The molecule has 0 fully saturated rings. The molecular formula is C32H37NO9. The summed E-state index contributed by atoms with van der Waals surface area (Å²) in [5.41, 5.74) is 4.77. The molecule has 10 heteroatoms. The third kappa shape index (κ3) is 4.82. The van der Waals surface area contributed by atoms with Gasteiger partial charge in [0.25, 0.3) is 0 Å². The van der Waals surface area contributed by atoms with Crippen molar-refractivity contribution in [1.82, 2.24) is 4.57 Å². The lowest BCUT2D eigenvalue weighted by molar-refractivity contribution is 0.325. The van der Waals surface area contributed by atoms with Crippen molar-refractivity contribution in [3.05, 3.63) is 42.5 Å². The Hall–Kier alpha value is -4.86. The molecule has 0 atom stereocenters. The van der Waals surface area contributed by atoms with E-state index in [4.69, 9.17) is 42.6 Å². The van der Waals surface area contributed by atoms with Crippen LogP contribution in [0, 0.1) is 0 Å². The molecule has 0 spiro atoms. The lowest BCUT2D eigenvalue weighted by atomic mass is 9.98. The van der Waals surface area contributed by atoms with E-state index in [2.05, 4.69) is 10.6 Å². The highest BCUT2D eigenvalue weighted by Crippen LogP contribution is 2.53. The van der Waals surface area contributed by atoms with Crippen LogP contribution in [0.5, 0.6) is 51.7 Å². The first-order valence-electron chi connectivity index (χ1n) is 13.0. The molecule has 0 N–H and O–H groups in total. The summed E-state index contributed by atoms with van der Waals surface area (Å²) in [7, 11) is 16.2. The molecule has 0 aliphatic rings. The third-order valence-electron chi connectivity index (χ3n) is 7.17. The number of methoxy groups -OCH3 is 9. The van der Waals surface area contributed by atoms with Gasteiger partial charge in [-0.05, 0) is 42.5 Å². The fourth-order valence-corrected chi connectivity index (χ4v) is 5.30. The Morgan fingerprint density at radius 1 is 0.381 bits per heavy atom. The van der Waals surface area contributed by atoms with Crippen LogP contribution in [0.2, 0.25) is 0 Å². The summed E-state index contributed by atoms with van der Waals surface area (Å²) < 4.78 is 53.5. The van der Waals surface area contributed by atoms with E-state index in [-0.39, 0.29) is 0 Å². The van der Waals surface area contributed by atoms with Gasteiger partial charge in [0.15, 0.2) is 34.5 Å². The summed E-state index contributed by atoms with van der Waals surface area (Å²) in [6, 6.07) is 13.4. The number of ether oxygens (including phenoxy) is 9. The smallest absolute Gasteiger partial charge is 0.203 e. The van der Waals surface area contributed by atoms with Gasteiger partial charge < -0.3 is 47.2 Å². The van der Waals surface area contributed by atoms with E-state index in [0.717, 1.165) is 33.6 Å². The zero-order valence-electron chi connectivity index (χ0n) is 25.7.